The van der Waals surface area contributed by atoms with Crippen LogP contribution in [0.25, 0.3) is 33.4 Å². The first-order valence-corrected chi connectivity index (χ1v) is 10.3. The van der Waals surface area contributed by atoms with Crippen LogP contribution in [0.1, 0.15) is 13.3 Å². The van der Waals surface area contributed by atoms with Gasteiger partial charge in [-0.05, 0) is 53.9 Å². The number of para-hydroxylation sites is 1. The number of hydrogen-bond acceptors (Lipinski definition) is 5. The molecule has 1 aromatic heterocycles. The Morgan fingerprint density at radius 1 is 1.00 bits per heavy atom. The Morgan fingerprint density at radius 2 is 1.80 bits per heavy atom. The van der Waals surface area contributed by atoms with Crippen molar-refractivity contribution in [3.63, 3.8) is 0 Å². The van der Waals surface area contributed by atoms with Crippen LogP contribution in [0.15, 0.2) is 66.7 Å². The van der Waals surface area contributed by atoms with Gasteiger partial charge in [-0.2, -0.15) is 0 Å². The van der Waals surface area contributed by atoms with Crippen LogP contribution in [0.5, 0.6) is 5.75 Å². The second kappa shape index (κ2) is 8.69. The van der Waals surface area contributed by atoms with E-state index in [1.54, 1.807) is 6.07 Å². The van der Waals surface area contributed by atoms with Crippen LogP contribution >= 0.6 is 11.6 Å². The van der Waals surface area contributed by atoms with Gasteiger partial charge in [0.05, 0.1) is 11.1 Å². The van der Waals surface area contributed by atoms with Crippen molar-refractivity contribution < 1.29 is 5.11 Å². The Kier molecular flexibility index (Phi) is 5.84. The average Bonchev–Trinajstić information content (AvgIpc) is 2.77. The molecular formula is C24H23ClN4O. The molecule has 4 aromatic rings. The molecule has 5 nitrogen and oxygen atoms in total. The fourth-order valence-electron chi connectivity index (χ4n) is 3.27. The van der Waals surface area contributed by atoms with Crippen molar-refractivity contribution in [3.05, 3.63) is 71.8 Å². The van der Waals surface area contributed by atoms with Crippen molar-refractivity contribution >= 4 is 28.3 Å². The fraction of sp³-hybridized carbons (Fsp3) is 0.167. The maximum Gasteiger partial charge on any atom is 0.165 e. The minimum atomic E-state index is 0.0294. The van der Waals surface area contributed by atoms with Gasteiger partial charge in [0.1, 0.15) is 11.6 Å². The zero-order chi connectivity index (χ0) is 21.1. The molecule has 4 rings (SSSR count). The quantitative estimate of drug-likeness (QED) is 0.386. The molecule has 1 heterocycles. The summed E-state index contributed by atoms with van der Waals surface area (Å²) in [4.78, 5) is 9.42. The van der Waals surface area contributed by atoms with E-state index in [0.717, 1.165) is 28.5 Å². The molecule has 0 aliphatic carbocycles. The summed E-state index contributed by atoms with van der Waals surface area (Å²) in [6.07, 6.45) is 0.866. The van der Waals surface area contributed by atoms with E-state index in [4.69, 9.17) is 27.3 Å². The number of aromatic hydroxyl groups is 1. The number of nitrogens with two attached hydrogens (primary N) is 1. The van der Waals surface area contributed by atoms with Gasteiger partial charge in [0.2, 0.25) is 0 Å². The van der Waals surface area contributed by atoms with Crippen LogP contribution in [-0.2, 0) is 0 Å². The van der Waals surface area contributed by atoms with E-state index in [1.807, 2.05) is 60.7 Å². The number of nitrogens with one attached hydrogen (secondary N) is 1. The third-order valence-corrected chi connectivity index (χ3v) is 5.29. The maximum absolute atomic E-state index is 10.6. The highest BCUT2D eigenvalue weighted by molar-refractivity contribution is 6.30. The summed E-state index contributed by atoms with van der Waals surface area (Å²) in [5, 5.41) is 15.5. The van der Waals surface area contributed by atoms with Crippen LogP contribution in [0.3, 0.4) is 0 Å². The SMILES string of the molecule is CC[C@H](N)CNc1nc(-c2cc(-c3cccc(Cl)c3)ccc2O)nc2ccccc12. The molecule has 0 saturated carbocycles. The number of nitrogens with zero attached hydrogens (tertiary/aromatic N) is 2. The van der Waals surface area contributed by atoms with Gasteiger partial charge >= 0.3 is 0 Å². The number of halogens is 1. The second-order valence-corrected chi connectivity index (χ2v) is 7.64. The third kappa shape index (κ3) is 4.22. The standard InChI is InChI=1S/C24H23ClN4O/c1-2-18(26)14-27-23-19-8-3-4-9-21(19)28-24(29-23)20-13-16(10-11-22(20)30)15-6-5-7-17(25)12-15/h3-13,18,30H,2,14,26H2,1H3,(H,27,28,29)/t18-/m0/s1. The van der Waals surface area contributed by atoms with Gasteiger partial charge in [0.15, 0.2) is 5.82 Å². The van der Waals surface area contributed by atoms with E-state index in [-0.39, 0.29) is 11.8 Å². The molecule has 0 saturated heterocycles. The first kappa shape index (κ1) is 20.1. The number of aromatic nitrogens is 2. The summed E-state index contributed by atoms with van der Waals surface area (Å²) >= 11 is 6.15. The average molecular weight is 419 g/mol. The fourth-order valence-corrected chi connectivity index (χ4v) is 3.46. The highest BCUT2D eigenvalue weighted by Crippen LogP contribution is 2.34. The van der Waals surface area contributed by atoms with E-state index in [9.17, 15) is 5.11 Å². The topological polar surface area (TPSA) is 84.1 Å². The zero-order valence-corrected chi connectivity index (χ0v) is 17.4. The molecule has 0 bridgehead atoms. The van der Waals surface area contributed by atoms with Crippen molar-refractivity contribution in [3.8, 4) is 28.3 Å². The van der Waals surface area contributed by atoms with E-state index < -0.39 is 0 Å². The molecule has 152 valence electrons. The van der Waals surface area contributed by atoms with Gasteiger partial charge in [-0.25, -0.2) is 9.97 Å². The summed E-state index contributed by atoms with van der Waals surface area (Å²) in [5.74, 6) is 1.27. The Bertz CT molecular complexity index is 1190. The number of fused-ring (bicyclic) bond motifs is 1. The number of anilines is 1. The molecule has 0 aliphatic rings. The molecule has 4 N–H and O–H groups in total. The molecule has 0 spiro atoms. The third-order valence-electron chi connectivity index (χ3n) is 5.05. The van der Waals surface area contributed by atoms with Crippen molar-refractivity contribution in [2.75, 3.05) is 11.9 Å². The molecular weight excluding hydrogens is 396 g/mol. The van der Waals surface area contributed by atoms with Gasteiger partial charge in [-0.1, -0.05) is 48.9 Å². The summed E-state index contributed by atoms with van der Waals surface area (Å²) in [6, 6.07) is 20.8. The van der Waals surface area contributed by atoms with Crippen LogP contribution in [-0.4, -0.2) is 27.7 Å². The van der Waals surface area contributed by atoms with Gasteiger partial charge in [0, 0.05) is 23.0 Å². The Labute approximate surface area is 180 Å². The van der Waals surface area contributed by atoms with Crippen molar-refractivity contribution in [1.82, 2.24) is 9.97 Å². The summed E-state index contributed by atoms with van der Waals surface area (Å²) in [7, 11) is 0. The molecule has 0 amide bonds. The largest absolute Gasteiger partial charge is 0.507 e. The molecule has 6 heteroatoms. The normalized spacial score (nSPS) is 12.1. The molecule has 0 radical (unpaired) electrons. The van der Waals surface area contributed by atoms with E-state index in [2.05, 4.69) is 12.2 Å². The highest BCUT2D eigenvalue weighted by atomic mass is 35.5. The first-order chi connectivity index (χ1) is 14.5. The number of benzene rings is 3. The minimum Gasteiger partial charge on any atom is -0.507 e. The summed E-state index contributed by atoms with van der Waals surface area (Å²) < 4.78 is 0. The van der Waals surface area contributed by atoms with E-state index in [1.165, 1.54) is 0 Å². The predicted octanol–water partition coefficient (Wildman–Crippen LogP) is 5.47. The lowest BCUT2D eigenvalue weighted by Crippen LogP contribution is -2.28. The lowest BCUT2D eigenvalue weighted by atomic mass is 10.0. The summed E-state index contributed by atoms with van der Waals surface area (Å²) in [6.45, 7) is 2.65. The van der Waals surface area contributed by atoms with Gasteiger partial charge in [-0.15, -0.1) is 0 Å². The van der Waals surface area contributed by atoms with E-state index >= 15 is 0 Å². The van der Waals surface area contributed by atoms with Crippen molar-refractivity contribution in [2.45, 2.75) is 19.4 Å². The van der Waals surface area contributed by atoms with Crippen LogP contribution in [0.2, 0.25) is 5.02 Å². The minimum absolute atomic E-state index is 0.0294. The lowest BCUT2D eigenvalue weighted by molar-refractivity contribution is 0.477. The molecule has 3 aromatic carbocycles. The molecule has 0 fully saturated rings. The lowest BCUT2D eigenvalue weighted by Gasteiger charge is -2.14. The molecule has 0 aliphatic heterocycles. The van der Waals surface area contributed by atoms with Gasteiger partial charge in [0.25, 0.3) is 0 Å². The van der Waals surface area contributed by atoms with Gasteiger partial charge < -0.3 is 16.2 Å². The molecule has 0 unspecified atom stereocenters. The number of hydrogen-bond donors (Lipinski definition) is 3. The summed E-state index contributed by atoms with van der Waals surface area (Å²) in [5.41, 5.74) is 9.30. The predicted molar refractivity (Wildman–Crippen MR) is 124 cm³/mol. The molecule has 30 heavy (non-hydrogen) atoms. The number of phenolic OH excluding ortho intramolecular Hbond substituents is 1. The smallest absolute Gasteiger partial charge is 0.165 e. The Hall–Kier alpha value is -3.15. The number of rotatable bonds is 6. The van der Waals surface area contributed by atoms with Crippen LogP contribution < -0.4 is 11.1 Å². The monoisotopic (exact) mass is 418 g/mol. The van der Waals surface area contributed by atoms with Crippen molar-refractivity contribution in [2.24, 2.45) is 5.73 Å². The first-order valence-electron chi connectivity index (χ1n) is 9.90. The van der Waals surface area contributed by atoms with E-state index in [0.29, 0.717) is 28.8 Å². The second-order valence-electron chi connectivity index (χ2n) is 7.20. The zero-order valence-electron chi connectivity index (χ0n) is 16.6. The van der Waals surface area contributed by atoms with Gasteiger partial charge in [-0.3, -0.25) is 0 Å². The maximum atomic E-state index is 10.6. The molecule has 1 atom stereocenters. The van der Waals surface area contributed by atoms with Crippen molar-refractivity contribution in [1.29, 1.82) is 0 Å². The van der Waals surface area contributed by atoms with Crippen LogP contribution in [0, 0.1) is 0 Å². The number of phenols is 1. The Balaban J connectivity index is 1.82. The van der Waals surface area contributed by atoms with Crippen LogP contribution in [0.4, 0.5) is 5.82 Å². The Morgan fingerprint density at radius 3 is 2.60 bits per heavy atom. The highest BCUT2D eigenvalue weighted by Gasteiger charge is 2.14.